The van der Waals surface area contributed by atoms with Crippen molar-refractivity contribution in [2.45, 2.75) is 52.3 Å². The molecule has 0 fully saturated rings. The highest BCUT2D eigenvalue weighted by atomic mass is 16.3. The second-order valence-corrected chi connectivity index (χ2v) is 6.15. The standard InChI is InChI=1S/C14H26N4O2/c1-10(2)18-12(7-8-15-18)16-13(19)11(3)17(6)9-14(4,5)20/h7-8,10-11,20H,9H2,1-6H3,(H,16,19). The van der Waals surface area contributed by atoms with Crippen LogP contribution in [0.15, 0.2) is 12.3 Å². The van der Waals surface area contributed by atoms with Crippen LogP contribution >= 0.6 is 0 Å². The van der Waals surface area contributed by atoms with Gasteiger partial charge in [0.25, 0.3) is 0 Å². The van der Waals surface area contributed by atoms with Crippen molar-refractivity contribution in [1.29, 1.82) is 0 Å². The van der Waals surface area contributed by atoms with Crippen molar-refractivity contribution in [2.75, 3.05) is 18.9 Å². The first-order chi connectivity index (χ1) is 9.11. The summed E-state index contributed by atoms with van der Waals surface area (Å²) in [5, 5.41) is 16.9. The number of aliphatic hydroxyl groups is 1. The van der Waals surface area contributed by atoms with E-state index in [4.69, 9.17) is 0 Å². The van der Waals surface area contributed by atoms with E-state index in [1.54, 1.807) is 30.8 Å². The number of nitrogens with one attached hydrogen (secondary N) is 1. The Bertz CT molecular complexity index is 448. The summed E-state index contributed by atoms with van der Waals surface area (Å²) in [6, 6.07) is 1.63. The predicted molar refractivity (Wildman–Crippen MR) is 79.6 cm³/mol. The Morgan fingerprint density at radius 1 is 1.50 bits per heavy atom. The van der Waals surface area contributed by atoms with Crippen LogP contribution in [0, 0.1) is 0 Å². The molecule has 0 radical (unpaired) electrons. The topological polar surface area (TPSA) is 70.4 Å². The van der Waals surface area contributed by atoms with E-state index in [1.807, 2.05) is 32.7 Å². The Kier molecular flexibility index (Phi) is 5.30. The molecule has 1 aromatic heterocycles. The number of anilines is 1. The van der Waals surface area contributed by atoms with Crippen molar-refractivity contribution in [1.82, 2.24) is 14.7 Å². The summed E-state index contributed by atoms with van der Waals surface area (Å²) in [5.74, 6) is 0.577. The summed E-state index contributed by atoms with van der Waals surface area (Å²) in [7, 11) is 1.82. The van der Waals surface area contributed by atoms with Crippen molar-refractivity contribution in [2.24, 2.45) is 0 Å². The Morgan fingerprint density at radius 2 is 2.10 bits per heavy atom. The van der Waals surface area contributed by atoms with Crippen LogP contribution in [-0.4, -0.2) is 50.9 Å². The third-order valence-corrected chi connectivity index (χ3v) is 3.09. The van der Waals surface area contributed by atoms with Crippen molar-refractivity contribution >= 4 is 11.7 Å². The minimum absolute atomic E-state index is 0.112. The zero-order valence-corrected chi connectivity index (χ0v) is 13.2. The SMILES string of the molecule is CC(C(=O)Nc1ccnn1C(C)C)N(C)CC(C)(C)O. The molecule has 1 amide bonds. The van der Waals surface area contributed by atoms with Gasteiger partial charge in [0.05, 0.1) is 17.8 Å². The van der Waals surface area contributed by atoms with Gasteiger partial charge in [0.2, 0.25) is 5.91 Å². The van der Waals surface area contributed by atoms with Gasteiger partial charge in [0.1, 0.15) is 5.82 Å². The first-order valence-corrected chi connectivity index (χ1v) is 6.89. The molecule has 2 N–H and O–H groups in total. The maximum absolute atomic E-state index is 12.2. The van der Waals surface area contributed by atoms with Crippen molar-refractivity contribution in [3.8, 4) is 0 Å². The highest BCUT2D eigenvalue weighted by molar-refractivity contribution is 5.93. The predicted octanol–water partition coefficient (Wildman–Crippen LogP) is 1.49. The lowest BCUT2D eigenvalue weighted by molar-refractivity contribution is -0.121. The number of rotatable bonds is 6. The van der Waals surface area contributed by atoms with Gasteiger partial charge in [-0.25, -0.2) is 4.68 Å². The van der Waals surface area contributed by atoms with Crippen molar-refractivity contribution < 1.29 is 9.90 Å². The molecule has 6 nitrogen and oxygen atoms in total. The number of likely N-dealkylation sites (N-methyl/N-ethyl adjacent to an activating group) is 1. The van der Waals surface area contributed by atoms with Crippen LogP contribution < -0.4 is 5.32 Å². The molecule has 0 aliphatic carbocycles. The molecule has 1 aromatic rings. The van der Waals surface area contributed by atoms with E-state index in [1.165, 1.54) is 0 Å². The second kappa shape index (κ2) is 6.37. The minimum Gasteiger partial charge on any atom is -0.389 e. The minimum atomic E-state index is -0.830. The van der Waals surface area contributed by atoms with Gasteiger partial charge in [-0.05, 0) is 41.7 Å². The molecular weight excluding hydrogens is 256 g/mol. The summed E-state index contributed by atoms with van der Waals surface area (Å²) in [6.07, 6.45) is 1.67. The van der Waals surface area contributed by atoms with Gasteiger partial charge in [0.15, 0.2) is 0 Å². The van der Waals surface area contributed by atoms with Gasteiger partial charge in [-0.1, -0.05) is 0 Å². The van der Waals surface area contributed by atoms with E-state index in [-0.39, 0.29) is 18.0 Å². The number of carbonyl (C=O) groups is 1. The fourth-order valence-electron chi connectivity index (χ4n) is 2.00. The maximum Gasteiger partial charge on any atom is 0.242 e. The molecule has 0 aliphatic heterocycles. The maximum atomic E-state index is 12.2. The molecule has 6 heteroatoms. The van der Waals surface area contributed by atoms with Gasteiger partial charge in [-0.15, -0.1) is 0 Å². The van der Waals surface area contributed by atoms with Gasteiger partial charge in [0, 0.05) is 18.7 Å². The summed E-state index contributed by atoms with van der Waals surface area (Å²) in [5.41, 5.74) is -0.830. The quantitative estimate of drug-likeness (QED) is 0.829. The molecule has 1 atom stereocenters. The Balaban J connectivity index is 2.68. The summed E-state index contributed by atoms with van der Waals surface area (Å²) < 4.78 is 1.76. The average Bonchev–Trinajstić information content (AvgIpc) is 2.73. The summed E-state index contributed by atoms with van der Waals surface area (Å²) in [4.78, 5) is 14.1. The second-order valence-electron chi connectivity index (χ2n) is 6.15. The Labute approximate surface area is 120 Å². The lowest BCUT2D eigenvalue weighted by Crippen LogP contribution is -2.46. The molecule has 1 rings (SSSR count). The molecule has 0 aromatic carbocycles. The fraction of sp³-hybridized carbons (Fsp3) is 0.714. The monoisotopic (exact) mass is 282 g/mol. The van der Waals surface area contributed by atoms with Crippen LogP contribution in [0.1, 0.15) is 40.7 Å². The van der Waals surface area contributed by atoms with Gasteiger partial charge < -0.3 is 10.4 Å². The van der Waals surface area contributed by atoms with E-state index >= 15 is 0 Å². The Hall–Kier alpha value is -1.40. The lowest BCUT2D eigenvalue weighted by atomic mass is 10.1. The molecule has 0 saturated carbocycles. The molecule has 1 unspecified atom stereocenters. The van der Waals surface area contributed by atoms with Gasteiger partial charge in [-0.2, -0.15) is 5.10 Å². The normalized spacial score (nSPS) is 13.8. The highest BCUT2D eigenvalue weighted by Crippen LogP contribution is 2.14. The molecule has 20 heavy (non-hydrogen) atoms. The number of hydrogen-bond acceptors (Lipinski definition) is 4. The van der Waals surface area contributed by atoms with Crippen LogP contribution in [0.3, 0.4) is 0 Å². The first kappa shape index (κ1) is 16.7. The number of amides is 1. The van der Waals surface area contributed by atoms with E-state index < -0.39 is 5.60 Å². The van der Waals surface area contributed by atoms with Crippen LogP contribution in [-0.2, 0) is 4.79 Å². The third kappa shape index (κ3) is 4.61. The molecule has 0 saturated heterocycles. The van der Waals surface area contributed by atoms with Crippen LogP contribution in [0.5, 0.6) is 0 Å². The van der Waals surface area contributed by atoms with Crippen LogP contribution in [0.25, 0.3) is 0 Å². The van der Waals surface area contributed by atoms with E-state index in [9.17, 15) is 9.90 Å². The third-order valence-electron chi connectivity index (χ3n) is 3.09. The number of carbonyl (C=O) groups excluding carboxylic acids is 1. The molecule has 114 valence electrons. The van der Waals surface area contributed by atoms with Crippen molar-refractivity contribution in [3.05, 3.63) is 12.3 Å². The number of nitrogens with zero attached hydrogens (tertiary/aromatic N) is 3. The smallest absolute Gasteiger partial charge is 0.242 e. The number of aromatic nitrogens is 2. The molecule has 0 aliphatic rings. The molecule has 0 spiro atoms. The van der Waals surface area contributed by atoms with Crippen LogP contribution in [0.4, 0.5) is 5.82 Å². The van der Waals surface area contributed by atoms with Crippen molar-refractivity contribution in [3.63, 3.8) is 0 Å². The highest BCUT2D eigenvalue weighted by Gasteiger charge is 2.24. The lowest BCUT2D eigenvalue weighted by Gasteiger charge is -2.29. The zero-order valence-electron chi connectivity index (χ0n) is 13.2. The fourth-order valence-corrected chi connectivity index (χ4v) is 2.00. The largest absolute Gasteiger partial charge is 0.389 e. The van der Waals surface area contributed by atoms with E-state index in [2.05, 4.69) is 10.4 Å². The summed E-state index contributed by atoms with van der Waals surface area (Å²) >= 11 is 0. The van der Waals surface area contributed by atoms with Crippen LogP contribution in [0.2, 0.25) is 0 Å². The first-order valence-electron chi connectivity index (χ1n) is 6.89. The summed E-state index contributed by atoms with van der Waals surface area (Å²) in [6.45, 7) is 9.70. The Morgan fingerprint density at radius 3 is 2.60 bits per heavy atom. The zero-order chi connectivity index (χ0) is 15.5. The molecular formula is C14H26N4O2. The molecule has 1 heterocycles. The average molecular weight is 282 g/mol. The number of hydrogen-bond donors (Lipinski definition) is 2. The van der Waals surface area contributed by atoms with E-state index in [0.29, 0.717) is 12.4 Å². The van der Waals surface area contributed by atoms with Gasteiger partial charge >= 0.3 is 0 Å². The van der Waals surface area contributed by atoms with E-state index in [0.717, 1.165) is 0 Å². The van der Waals surface area contributed by atoms with Gasteiger partial charge in [-0.3, -0.25) is 9.69 Å². The molecule has 0 bridgehead atoms.